The Morgan fingerprint density at radius 3 is 2.61 bits per heavy atom. The van der Waals surface area contributed by atoms with Crippen molar-refractivity contribution in [1.29, 1.82) is 0 Å². The molecule has 0 aliphatic carbocycles. The molecule has 0 aromatic heterocycles. The fourth-order valence-corrected chi connectivity index (χ4v) is 2.25. The monoisotopic (exact) mass is 321 g/mol. The molecule has 1 aromatic carbocycles. The first-order valence-corrected chi connectivity index (χ1v) is 8.34. The van der Waals surface area contributed by atoms with Crippen molar-refractivity contribution < 1.29 is 9.47 Å². The molecule has 0 heterocycles. The van der Waals surface area contributed by atoms with Crippen LogP contribution in [-0.2, 0) is 4.74 Å². The van der Waals surface area contributed by atoms with Gasteiger partial charge in [0.25, 0.3) is 0 Å². The standard InChI is InChI=1S/C18H31N3O2/c1-6-19-18(21-15(4)13-22-5)20-11-12-23-17-10-8-7-9-16(17)14(2)3/h7-10,14-15H,6,11-13H2,1-5H3,(H2,19,20,21). The highest BCUT2D eigenvalue weighted by Gasteiger charge is 2.07. The molecule has 0 radical (unpaired) electrons. The van der Waals surface area contributed by atoms with Crippen molar-refractivity contribution >= 4 is 5.96 Å². The third-order valence-corrected chi connectivity index (χ3v) is 3.30. The van der Waals surface area contributed by atoms with E-state index in [2.05, 4.69) is 42.5 Å². The van der Waals surface area contributed by atoms with Crippen molar-refractivity contribution in [2.24, 2.45) is 4.99 Å². The average Bonchev–Trinajstić information content (AvgIpc) is 2.52. The molecule has 5 nitrogen and oxygen atoms in total. The van der Waals surface area contributed by atoms with Crippen LogP contribution in [0.25, 0.3) is 0 Å². The number of methoxy groups -OCH3 is 1. The smallest absolute Gasteiger partial charge is 0.191 e. The van der Waals surface area contributed by atoms with Gasteiger partial charge in [0.15, 0.2) is 5.96 Å². The molecule has 0 saturated carbocycles. The molecule has 0 aliphatic heterocycles. The highest BCUT2D eigenvalue weighted by atomic mass is 16.5. The van der Waals surface area contributed by atoms with Gasteiger partial charge in [0, 0.05) is 19.7 Å². The van der Waals surface area contributed by atoms with E-state index in [9.17, 15) is 0 Å². The normalized spacial score (nSPS) is 13.0. The van der Waals surface area contributed by atoms with Crippen LogP contribution in [0.2, 0.25) is 0 Å². The van der Waals surface area contributed by atoms with E-state index in [0.717, 1.165) is 18.3 Å². The number of ether oxygens (including phenoxy) is 2. The van der Waals surface area contributed by atoms with Crippen LogP contribution in [0.4, 0.5) is 0 Å². The molecule has 1 aromatic rings. The van der Waals surface area contributed by atoms with E-state index in [1.54, 1.807) is 7.11 Å². The number of para-hydroxylation sites is 1. The largest absolute Gasteiger partial charge is 0.491 e. The molecule has 130 valence electrons. The molecule has 1 unspecified atom stereocenters. The van der Waals surface area contributed by atoms with Gasteiger partial charge in [0.2, 0.25) is 0 Å². The zero-order valence-electron chi connectivity index (χ0n) is 15.1. The molecule has 5 heteroatoms. The second-order valence-corrected chi connectivity index (χ2v) is 5.80. The summed E-state index contributed by atoms with van der Waals surface area (Å²) in [5, 5.41) is 6.53. The van der Waals surface area contributed by atoms with Crippen LogP contribution in [0.3, 0.4) is 0 Å². The molecule has 0 amide bonds. The number of nitrogens with zero attached hydrogens (tertiary/aromatic N) is 1. The first-order chi connectivity index (χ1) is 11.1. The fraction of sp³-hybridized carbons (Fsp3) is 0.611. The summed E-state index contributed by atoms with van der Waals surface area (Å²) in [5.41, 5.74) is 1.23. The molecular formula is C18H31N3O2. The van der Waals surface area contributed by atoms with Gasteiger partial charge < -0.3 is 20.1 Å². The molecule has 0 fully saturated rings. The van der Waals surface area contributed by atoms with Crippen molar-refractivity contribution in [3.05, 3.63) is 29.8 Å². The summed E-state index contributed by atoms with van der Waals surface area (Å²) in [6, 6.07) is 8.39. The van der Waals surface area contributed by atoms with Gasteiger partial charge in [-0.25, -0.2) is 4.99 Å². The van der Waals surface area contributed by atoms with Crippen molar-refractivity contribution in [2.45, 2.75) is 39.7 Å². The van der Waals surface area contributed by atoms with E-state index >= 15 is 0 Å². The Bertz CT molecular complexity index is 475. The number of nitrogens with one attached hydrogen (secondary N) is 2. The number of benzene rings is 1. The van der Waals surface area contributed by atoms with Crippen molar-refractivity contribution in [2.75, 3.05) is 33.4 Å². The SMILES string of the molecule is CCNC(=NCCOc1ccccc1C(C)C)NC(C)COC. The third-order valence-electron chi connectivity index (χ3n) is 3.30. The lowest BCUT2D eigenvalue weighted by molar-refractivity contribution is 0.179. The van der Waals surface area contributed by atoms with Crippen LogP contribution in [0.15, 0.2) is 29.3 Å². The van der Waals surface area contributed by atoms with E-state index in [1.165, 1.54) is 5.56 Å². The van der Waals surface area contributed by atoms with E-state index in [-0.39, 0.29) is 6.04 Å². The lowest BCUT2D eigenvalue weighted by Crippen LogP contribution is -2.44. The van der Waals surface area contributed by atoms with Crippen molar-refractivity contribution in [3.8, 4) is 5.75 Å². The highest BCUT2D eigenvalue weighted by molar-refractivity contribution is 5.80. The number of aliphatic imine (C=N–C) groups is 1. The number of hydrogen-bond donors (Lipinski definition) is 2. The van der Waals surface area contributed by atoms with E-state index < -0.39 is 0 Å². The maximum atomic E-state index is 5.89. The Kier molecular flexibility index (Phi) is 9.14. The van der Waals surface area contributed by atoms with Crippen LogP contribution in [-0.4, -0.2) is 45.4 Å². The summed E-state index contributed by atoms with van der Waals surface area (Å²) >= 11 is 0. The van der Waals surface area contributed by atoms with Crippen LogP contribution in [0.5, 0.6) is 5.75 Å². The van der Waals surface area contributed by atoms with Gasteiger partial charge in [-0.15, -0.1) is 0 Å². The minimum absolute atomic E-state index is 0.209. The molecule has 0 aliphatic rings. The topological polar surface area (TPSA) is 54.9 Å². The zero-order chi connectivity index (χ0) is 17.1. The fourth-order valence-electron chi connectivity index (χ4n) is 2.25. The first-order valence-electron chi connectivity index (χ1n) is 8.34. The third kappa shape index (κ3) is 7.37. The quantitative estimate of drug-likeness (QED) is 0.417. The average molecular weight is 321 g/mol. The minimum Gasteiger partial charge on any atom is -0.491 e. The molecule has 2 N–H and O–H groups in total. The van der Waals surface area contributed by atoms with Crippen LogP contribution < -0.4 is 15.4 Å². The van der Waals surface area contributed by atoms with E-state index in [4.69, 9.17) is 9.47 Å². The minimum atomic E-state index is 0.209. The summed E-state index contributed by atoms with van der Waals surface area (Å²) in [4.78, 5) is 4.54. The molecule has 0 saturated heterocycles. The Hall–Kier alpha value is -1.75. The van der Waals surface area contributed by atoms with E-state index in [1.807, 2.05) is 25.1 Å². The molecular weight excluding hydrogens is 290 g/mol. The number of rotatable bonds is 9. The lowest BCUT2D eigenvalue weighted by atomic mass is 10.0. The Morgan fingerprint density at radius 1 is 1.22 bits per heavy atom. The summed E-state index contributed by atoms with van der Waals surface area (Å²) < 4.78 is 11.0. The Labute approximate surface area is 140 Å². The van der Waals surface area contributed by atoms with Gasteiger partial charge in [0.1, 0.15) is 12.4 Å². The second-order valence-electron chi connectivity index (χ2n) is 5.80. The van der Waals surface area contributed by atoms with Gasteiger partial charge >= 0.3 is 0 Å². The predicted molar refractivity (Wildman–Crippen MR) is 96.5 cm³/mol. The van der Waals surface area contributed by atoms with Crippen molar-refractivity contribution in [3.63, 3.8) is 0 Å². The molecule has 1 atom stereocenters. The zero-order valence-corrected chi connectivity index (χ0v) is 15.1. The lowest BCUT2D eigenvalue weighted by Gasteiger charge is -2.17. The molecule has 23 heavy (non-hydrogen) atoms. The summed E-state index contributed by atoms with van der Waals surface area (Å²) in [6.45, 7) is 11.1. The summed E-state index contributed by atoms with van der Waals surface area (Å²) in [7, 11) is 1.70. The van der Waals surface area contributed by atoms with Gasteiger partial charge in [-0.05, 0) is 31.4 Å². The number of hydrogen-bond acceptors (Lipinski definition) is 3. The van der Waals surface area contributed by atoms with Gasteiger partial charge in [0.05, 0.1) is 13.2 Å². The molecule has 1 rings (SSSR count). The highest BCUT2D eigenvalue weighted by Crippen LogP contribution is 2.25. The van der Waals surface area contributed by atoms with Crippen LogP contribution >= 0.6 is 0 Å². The van der Waals surface area contributed by atoms with Gasteiger partial charge in [-0.1, -0.05) is 32.0 Å². The summed E-state index contributed by atoms with van der Waals surface area (Å²) in [6.07, 6.45) is 0. The maximum absolute atomic E-state index is 5.89. The molecule has 0 bridgehead atoms. The second kappa shape index (κ2) is 10.9. The Morgan fingerprint density at radius 2 is 1.96 bits per heavy atom. The van der Waals surface area contributed by atoms with E-state index in [0.29, 0.717) is 25.7 Å². The van der Waals surface area contributed by atoms with Crippen LogP contribution in [0.1, 0.15) is 39.2 Å². The Balaban J connectivity index is 2.52. The maximum Gasteiger partial charge on any atom is 0.191 e. The van der Waals surface area contributed by atoms with Gasteiger partial charge in [-0.2, -0.15) is 0 Å². The van der Waals surface area contributed by atoms with Crippen molar-refractivity contribution in [1.82, 2.24) is 10.6 Å². The number of guanidine groups is 1. The first kappa shape index (κ1) is 19.3. The summed E-state index contributed by atoms with van der Waals surface area (Å²) in [5.74, 6) is 2.18. The van der Waals surface area contributed by atoms with Gasteiger partial charge in [-0.3, -0.25) is 0 Å². The molecule has 0 spiro atoms. The predicted octanol–water partition coefficient (Wildman–Crippen LogP) is 2.78. The van der Waals surface area contributed by atoms with Crippen LogP contribution in [0, 0.1) is 0 Å².